The average Bonchev–Trinajstić information content (AvgIpc) is 2.58. The monoisotopic (exact) mass is 167 g/mol. The lowest BCUT2D eigenvalue weighted by molar-refractivity contribution is 0.337. The predicted molar refractivity (Wildman–Crippen MR) is 43.8 cm³/mol. The van der Waals surface area contributed by atoms with Crippen LogP contribution in [0.4, 0.5) is 0 Å². The van der Waals surface area contributed by atoms with Gasteiger partial charge in [-0.3, -0.25) is 0 Å². The van der Waals surface area contributed by atoms with E-state index >= 15 is 0 Å². The highest BCUT2D eigenvalue weighted by Gasteiger charge is 2.28. The van der Waals surface area contributed by atoms with Gasteiger partial charge in [-0.2, -0.15) is 4.98 Å². The van der Waals surface area contributed by atoms with Crippen molar-refractivity contribution >= 4 is 0 Å². The van der Waals surface area contributed by atoms with Gasteiger partial charge in [-0.15, -0.1) is 0 Å². The van der Waals surface area contributed by atoms with E-state index in [4.69, 9.17) is 4.52 Å². The first kappa shape index (κ1) is 7.73. The molecular weight excluding hydrogens is 154 g/mol. The maximum absolute atomic E-state index is 5.12. The molecule has 0 saturated carbocycles. The molecule has 4 heteroatoms. The highest BCUT2D eigenvalue weighted by molar-refractivity contribution is 4.99. The van der Waals surface area contributed by atoms with E-state index in [0.29, 0.717) is 11.8 Å². The standard InChI is InChI=1S/C8H13N3O/c1-5-3-9-4-7(5)8-10-6(2)11-12-8/h5,7,9H,3-4H2,1-2H3/t5-,7-/m1/s1. The molecule has 1 aliphatic rings. The van der Waals surface area contributed by atoms with Gasteiger partial charge in [0, 0.05) is 6.54 Å². The SMILES string of the molecule is Cc1noc([C@@H]2CNC[C@H]2C)n1. The normalized spacial score (nSPS) is 29.5. The van der Waals surface area contributed by atoms with Gasteiger partial charge in [0.05, 0.1) is 5.92 Å². The number of aromatic nitrogens is 2. The van der Waals surface area contributed by atoms with Crippen molar-refractivity contribution in [3.63, 3.8) is 0 Å². The molecule has 0 amide bonds. The lowest BCUT2D eigenvalue weighted by atomic mass is 9.98. The van der Waals surface area contributed by atoms with Crippen LogP contribution in [0, 0.1) is 12.8 Å². The third kappa shape index (κ3) is 1.22. The summed E-state index contributed by atoms with van der Waals surface area (Å²) in [5, 5.41) is 7.08. The van der Waals surface area contributed by atoms with Crippen LogP contribution in [0.25, 0.3) is 0 Å². The van der Waals surface area contributed by atoms with E-state index in [-0.39, 0.29) is 0 Å². The van der Waals surface area contributed by atoms with Crippen LogP contribution in [0.5, 0.6) is 0 Å². The molecule has 66 valence electrons. The molecule has 0 aliphatic carbocycles. The zero-order valence-corrected chi connectivity index (χ0v) is 7.37. The average molecular weight is 167 g/mol. The Morgan fingerprint density at radius 3 is 2.83 bits per heavy atom. The summed E-state index contributed by atoms with van der Waals surface area (Å²) in [5.41, 5.74) is 0. The van der Waals surface area contributed by atoms with Crippen LogP contribution in [0.15, 0.2) is 4.52 Å². The van der Waals surface area contributed by atoms with Crippen LogP contribution in [0.2, 0.25) is 0 Å². The van der Waals surface area contributed by atoms with Gasteiger partial charge in [0.15, 0.2) is 5.82 Å². The highest BCUT2D eigenvalue weighted by atomic mass is 16.5. The zero-order chi connectivity index (χ0) is 8.55. The maximum atomic E-state index is 5.12. The first-order valence-electron chi connectivity index (χ1n) is 4.28. The lowest BCUT2D eigenvalue weighted by Crippen LogP contribution is -2.08. The molecule has 0 unspecified atom stereocenters. The van der Waals surface area contributed by atoms with E-state index in [0.717, 1.165) is 24.8 Å². The van der Waals surface area contributed by atoms with E-state index in [1.54, 1.807) is 0 Å². The fourth-order valence-corrected chi connectivity index (χ4v) is 1.60. The second-order valence-electron chi connectivity index (χ2n) is 3.42. The topological polar surface area (TPSA) is 51.0 Å². The molecule has 2 heterocycles. The third-order valence-corrected chi connectivity index (χ3v) is 2.38. The molecular formula is C8H13N3O. The van der Waals surface area contributed by atoms with Crippen LogP contribution in [-0.4, -0.2) is 23.2 Å². The van der Waals surface area contributed by atoms with Crippen molar-refractivity contribution in [1.82, 2.24) is 15.5 Å². The summed E-state index contributed by atoms with van der Waals surface area (Å²) in [6.07, 6.45) is 0. The zero-order valence-electron chi connectivity index (χ0n) is 7.37. The minimum absolute atomic E-state index is 0.409. The Bertz CT molecular complexity index is 271. The smallest absolute Gasteiger partial charge is 0.231 e. The molecule has 1 aliphatic heterocycles. The van der Waals surface area contributed by atoms with Gasteiger partial charge in [0.25, 0.3) is 0 Å². The van der Waals surface area contributed by atoms with Gasteiger partial charge in [0.2, 0.25) is 5.89 Å². The van der Waals surface area contributed by atoms with Crippen molar-refractivity contribution < 1.29 is 4.52 Å². The Morgan fingerprint density at radius 1 is 1.50 bits per heavy atom. The Morgan fingerprint density at radius 2 is 2.33 bits per heavy atom. The number of hydrogen-bond acceptors (Lipinski definition) is 4. The van der Waals surface area contributed by atoms with Crippen molar-refractivity contribution in [2.75, 3.05) is 13.1 Å². The Hall–Kier alpha value is -0.900. The van der Waals surface area contributed by atoms with Crippen molar-refractivity contribution in [3.05, 3.63) is 11.7 Å². The van der Waals surface area contributed by atoms with E-state index in [1.807, 2.05) is 6.92 Å². The van der Waals surface area contributed by atoms with Crippen molar-refractivity contribution in [1.29, 1.82) is 0 Å². The van der Waals surface area contributed by atoms with Crippen LogP contribution in [0.3, 0.4) is 0 Å². The van der Waals surface area contributed by atoms with Gasteiger partial charge in [-0.1, -0.05) is 12.1 Å². The van der Waals surface area contributed by atoms with Crippen LogP contribution in [0.1, 0.15) is 24.6 Å². The van der Waals surface area contributed by atoms with Gasteiger partial charge < -0.3 is 9.84 Å². The minimum Gasteiger partial charge on any atom is -0.339 e. The fraction of sp³-hybridized carbons (Fsp3) is 0.750. The molecule has 0 aromatic carbocycles. The van der Waals surface area contributed by atoms with Crippen LogP contribution in [-0.2, 0) is 0 Å². The fourth-order valence-electron chi connectivity index (χ4n) is 1.60. The summed E-state index contributed by atoms with van der Waals surface area (Å²) < 4.78 is 5.12. The Kier molecular flexibility index (Phi) is 1.84. The molecule has 1 aromatic heterocycles. The summed E-state index contributed by atoms with van der Waals surface area (Å²) in [7, 11) is 0. The highest BCUT2D eigenvalue weighted by Crippen LogP contribution is 2.25. The number of rotatable bonds is 1. The quantitative estimate of drug-likeness (QED) is 0.669. The molecule has 1 N–H and O–H groups in total. The number of nitrogens with zero attached hydrogens (tertiary/aromatic N) is 2. The van der Waals surface area contributed by atoms with Gasteiger partial charge in [0.1, 0.15) is 0 Å². The largest absolute Gasteiger partial charge is 0.339 e. The maximum Gasteiger partial charge on any atom is 0.231 e. The van der Waals surface area contributed by atoms with E-state index in [9.17, 15) is 0 Å². The van der Waals surface area contributed by atoms with E-state index < -0.39 is 0 Å². The molecule has 0 bridgehead atoms. The lowest BCUT2D eigenvalue weighted by Gasteiger charge is -2.06. The van der Waals surface area contributed by atoms with E-state index in [2.05, 4.69) is 22.4 Å². The molecule has 2 rings (SSSR count). The number of hydrogen-bond donors (Lipinski definition) is 1. The second-order valence-corrected chi connectivity index (χ2v) is 3.42. The van der Waals surface area contributed by atoms with Crippen molar-refractivity contribution in [2.24, 2.45) is 5.92 Å². The molecule has 1 aromatic rings. The summed E-state index contributed by atoms with van der Waals surface area (Å²) in [6.45, 7) is 6.05. The van der Waals surface area contributed by atoms with Crippen LogP contribution < -0.4 is 5.32 Å². The number of aryl methyl sites for hydroxylation is 1. The molecule has 0 spiro atoms. The number of nitrogens with one attached hydrogen (secondary N) is 1. The minimum atomic E-state index is 0.409. The van der Waals surface area contributed by atoms with Crippen molar-refractivity contribution in [2.45, 2.75) is 19.8 Å². The predicted octanol–water partition coefficient (Wildman–Crippen LogP) is 0.701. The summed E-state index contributed by atoms with van der Waals surface area (Å²) in [4.78, 5) is 4.23. The third-order valence-electron chi connectivity index (χ3n) is 2.38. The molecule has 0 radical (unpaired) electrons. The molecule has 1 fully saturated rings. The van der Waals surface area contributed by atoms with Gasteiger partial charge in [-0.05, 0) is 19.4 Å². The summed E-state index contributed by atoms with van der Waals surface area (Å²) in [6, 6.07) is 0. The molecule has 1 saturated heterocycles. The van der Waals surface area contributed by atoms with Gasteiger partial charge in [-0.25, -0.2) is 0 Å². The second kappa shape index (κ2) is 2.86. The molecule has 2 atom stereocenters. The molecule has 4 nitrogen and oxygen atoms in total. The first-order valence-corrected chi connectivity index (χ1v) is 4.28. The first-order chi connectivity index (χ1) is 5.77. The van der Waals surface area contributed by atoms with E-state index in [1.165, 1.54) is 0 Å². The van der Waals surface area contributed by atoms with Crippen LogP contribution >= 0.6 is 0 Å². The molecule has 12 heavy (non-hydrogen) atoms. The van der Waals surface area contributed by atoms with Gasteiger partial charge >= 0.3 is 0 Å². The van der Waals surface area contributed by atoms with Crippen molar-refractivity contribution in [3.8, 4) is 0 Å². The Balaban J connectivity index is 2.19. The summed E-state index contributed by atoms with van der Waals surface area (Å²) >= 11 is 0. The summed E-state index contributed by atoms with van der Waals surface area (Å²) in [5.74, 6) is 2.52. The Labute approximate surface area is 71.4 Å².